The van der Waals surface area contributed by atoms with Crippen molar-refractivity contribution in [2.45, 2.75) is 25.8 Å². The van der Waals surface area contributed by atoms with E-state index in [-0.39, 0.29) is 11.6 Å². The fraction of sp³-hybridized carbons (Fsp3) is 0.412. The van der Waals surface area contributed by atoms with Crippen LogP contribution in [0.4, 0.5) is 0 Å². The minimum absolute atomic E-state index is 0.00963. The summed E-state index contributed by atoms with van der Waals surface area (Å²) in [5.41, 5.74) is 1.29. The molecule has 1 saturated carbocycles. The lowest BCUT2D eigenvalue weighted by atomic mass is 10.2. The van der Waals surface area contributed by atoms with Crippen molar-refractivity contribution in [2.75, 3.05) is 13.2 Å². The summed E-state index contributed by atoms with van der Waals surface area (Å²) in [6.45, 7) is 2.68. The maximum atomic E-state index is 12.5. The second kappa shape index (κ2) is 6.32. The number of hydrogen-bond donors (Lipinski definition) is 2. The Kier molecular flexibility index (Phi) is 3.98. The number of carbonyl (C=O) groups excluding carboxylic acids is 1. The Morgan fingerprint density at radius 1 is 1.27 bits per heavy atom. The summed E-state index contributed by atoms with van der Waals surface area (Å²) in [7, 11) is 0. The average Bonchev–Trinajstić information content (AvgIpc) is 3.40. The highest BCUT2D eigenvalue weighted by Crippen LogP contribution is 2.33. The lowest BCUT2D eigenvalue weighted by Crippen LogP contribution is -2.42. The van der Waals surface area contributed by atoms with Gasteiger partial charge in [0.25, 0.3) is 5.91 Å². The number of aliphatic carboxylic acids is 1. The predicted molar refractivity (Wildman–Crippen MR) is 88.7 cm³/mol. The largest absolute Gasteiger partial charge is 0.486 e. The Morgan fingerprint density at radius 3 is 2.69 bits per heavy atom. The summed E-state index contributed by atoms with van der Waals surface area (Å²) in [5, 5.41) is 19.8. The lowest BCUT2D eigenvalue weighted by molar-refractivity contribution is -0.139. The third kappa shape index (κ3) is 2.96. The van der Waals surface area contributed by atoms with Gasteiger partial charge in [0.2, 0.25) is 0 Å². The van der Waals surface area contributed by atoms with Gasteiger partial charge in [-0.25, -0.2) is 9.48 Å². The van der Waals surface area contributed by atoms with Crippen LogP contribution in [0.3, 0.4) is 0 Å². The highest BCUT2D eigenvalue weighted by atomic mass is 16.6. The second-order valence-electron chi connectivity index (χ2n) is 6.39. The Balaban J connectivity index is 1.58. The van der Waals surface area contributed by atoms with E-state index in [4.69, 9.17) is 9.47 Å². The van der Waals surface area contributed by atoms with Crippen molar-refractivity contribution in [1.29, 1.82) is 0 Å². The number of nitrogens with zero attached hydrogens (tertiary/aromatic N) is 3. The van der Waals surface area contributed by atoms with E-state index in [1.165, 1.54) is 4.68 Å². The standard InChI is InChI=1S/C17H18N4O5/c1-9-14(16(22)18-15(17(23)24)10-2-3-10)19-20-21(9)11-4-5-12-13(8-11)26-7-6-25-12/h4-5,8,10,15H,2-3,6-7H2,1H3,(H,18,22)(H,23,24). The number of rotatable bonds is 5. The normalized spacial score (nSPS) is 16.8. The van der Waals surface area contributed by atoms with Crippen LogP contribution in [0.2, 0.25) is 0 Å². The first-order valence-electron chi connectivity index (χ1n) is 8.40. The quantitative estimate of drug-likeness (QED) is 0.817. The van der Waals surface area contributed by atoms with Gasteiger partial charge < -0.3 is 19.9 Å². The molecule has 0 saturated heterocycles. The van der Waals surface area contributed by atoms with Crippen LogP contribution in [0.1, 0.15) is 29.0 Å². The Labute approximate surface area is 148 Å². The molecule has 9 nitrogen and oxygen atoms in total. The zero-order chi connectivity index (χ0) is 18.3. The molecule has 1 aromatic carbocycles. The molecule has 2 N–H and O–H groups in total. The number of carbonyl (C=O) groups is 2. The highest BCUT2D eigenvalue weighted by Gasteiger charge is 2.38. The molecule has 0 spiro atoms. The van der Waals surface area contributed by atoms with Crippen LogP contribution >= 0.6 is 0 Å². The molecule has 1 unspecified atom stereocenters. The number of ether oxygens (including phenoxy) is 2. The fourth-order valence-electron chi connectivity index (χ4n) is 2.97. The van der Waals surface area contributed by atoms with E-state index in [2.05, 4.69) is 15.6 Å². The zero-order valence-corrected chi connectivity index (χ0v) is 14.1. The number of fused-ring (bicyclic) bond motifs is 1. The molecule has 9 heteroatoms. The van der Waals surface area contributed by atoms with Crippen molar-refractivity contribution >= 4 is 11.9 Å². The van der Waals surface area contributed by atoms with Gasteiger partial charge in [-0.05, 0) is 37.8 Å². The zero-order valence-electron chi connectivity index (χ0n) is 14.1. The van der Waals surface area contributed by atoms with Crippen molar-refractivity contribution in [3.05, 3.63) is 29.6 Å². The molecule has 1 fully saturated rings. The van der Waals surface area contributed by atoms with Crippen LogP contribution in [0.5, 0.6) is 11.5 Å². The van der Waals surface area contributed by atoms with Gasteiger partial charge in [-0.1, -0.05) is 5.21 Å². The van der Waals surface area contributed by atoms with E-state index in [9.17, 15) is 14.7 Å². The summed E-state index contributed by atoms with van der Waals surface area (Å²) in [6.07, 6.45) is 1.61. The molecule has 1 aliphatic heterocycles. The molecule has 1 atom stereocenters. The van der Waals surface area contributed by atoms with Gasteiger partial charge in [-0.15, -0.1) is 5.10 Å². The third-order valence-corrected chi connectivity index (χ3v) is 4.53. The van der Waals surface area contributed by atoms with Crippen LogP contribution in [0.15, 0.2) is 18.2 Å². The SMILES string of the molecule is Cc1c(C(=O)NC(C(=O)O)C2CC2)nnn1-c1ccc2c(c1)OCCO2. The average molecular weight is 358 g/mol. The summed E-state index contributed by atoms with van der Waals surface area (Å²) < 4.78 is 12.6. The van der Waals surface area contributed by atoms with Crippen molar-refractivity contribution in [3.8, 4) is 17.2 Å². The van der Waals surface area contributed by atoms with E-state index in [0.29, 0.717) is 36.1 Å². The fourth-order valence-corrected chi connectivity index (χ4v) is 2.97. The van der Waals surface area contributed by atoms with Crippen molar-refractivity contribution in [1.82, 2.24) is 20.3 Å². The van der Waals surface area contributed by atoms with Crippen LogP contribution in [0.25, 0.3) is 5.69 Å². The number of benzene rings is 1. The van der Waals surface area contributed by atoms with Crippen LogP contribution in [-0.2, 0) is 4.79 Å². The monoisotopic (exact) mass is 358 g/mol. The van der Waals surface area contributed by atoms with E-state index >= 15 is 0 Å². The van der Waals surface area contributed by atoms with Gasteiger partial charge in [0.1, 0.15) is 19.3 Å². The smallest absolute Gasteiger partial charge is 0.326 e. The van der Waals surface area contributed by atoms with E-state index in [1.807, 2.05) is 0 Å². The third-order valence-electron chi connectivity index (χ3n) is 4.53. The van der Waals surface area contributed by atoms with E-state index in [1.54, 1.807) is 25.1 Å². The van der Waals surface area contributed by atoms with Crippen LogP contribution in [-0.4, -0.2) is 51.2 Å². The summed E-state index contributed by atoms with van der Waals surface area (Å²) in [6, 6.07) is 4.45. The van der Waals surface area contributed by atoms with Gasteiger partial charge in [0.05, 0.1) is 11.4 Å². The van der Waals surface area contributed by atoms with Crippen LogP contribution in [0, 0.1) is 12.8 Å². The highest BCUT2D eigenvalue weighted by molar-refractivity contribution is 5.96. The maximum absolute atomic E-state index is 12.5. The molecule has 2 heterocycles. The molecule has 2 aliphatic rings. The molecule has 0 bridgehead atoms. The van der Waals surface area contributed by atoms with Gasteiger partial charge in [-0.2, -0.15) is 0 Å². The second-order valence-corrected chi connectivity index (χ2v) is 6.39. The topological polar surface area (TPSA) is 116 Å². The number of carboxylic acid groups (broad SMARTS) is 1. The number of aromatic nitrogens is 3. The number of carboxylic acids is 1. The Hall–Kier alpha value is -3.10. The van der Waals surface area contributed by atoms with Crippen molar-refractivity contribution in [2.24, 2.45) is 5.92 Å². The molecule has 1 amide bonds. The molecule has 2 aromatic rings. The molecule has 1 aromatic heterocycles. The van der Waals surface area contributed by atoms with Gasteiger partial charge in [-0.3, -0.25) is 4.79 Å². The summed E-state index contributed by atoms with van der Waals surface area (Å²) >= 11 is 0. The van der Waals surface area contributed by atoms with E-state index < -0.39 is 17.9 Å². The Morgan fingerprint density at radius 2 is 2.00 bits per heavy atom. The molecule has 136 valence electrons. The van der Waals surface area contributed by atoms with Crippen LogP contribution < -0.4 is 14.8 Å². The van der Waals surface area contributed by atoms with Crippen molar-refractivity contribution < 1.29 is 24.2 Å². The molecular weight excluding hydrogens is 340 g/mol. The summed E-state index contributed by atoms with van der Waals surface area (Å²) in [4.78, 5) is 23.8. The molecule has 0 radical (unpaired) electrons. The van der Waals surface area contributed by atoms with Gasteiger partial charge in [0.15, 0.2) is 17.2 Å². The number of hydrogen-bond acceptors (Lipinski definition) is 6. The summed E-state index contributed by atoms with van der Waals surface area (Å²) in [5.74, 6) is -0.313. The molecule has 1 aliphatic carbocycles. The molecular formula is C17H18N4O5. The minimum Gasteiger partial charge on any atom is -0.486 e. The first-order valence-corrected chi connectivity index (χ1v) is 8.40. The minimum atomic E-state index is -1.03. The lowest BCUT2D eigenvalue weighted by Gasteiger charge is -2.18. The first-order chi connectivity index (χ1) is 12.5. The predicted octanol–water partition coefficient (Wildman–Crippen LogP) is 0.940. The number of nitrogens with one attached hydrogen (secondary N) is 1. The Bertz CT molecular complexity index is 874. The van der Waals surface area contributed by atoms with E-state index in [0.717, 1.165) is 12.8 Å². The van der Waals surface area contributed by atoms with Crippen molar-refractivity contribution in [3.63, 3.8) is 0 Å². The maximum Gasteiger partial charge on any atom is 0.326 e. The molecule has 4 rings (SSSR count). The number of amides is 1. The molecule has 26 heavy (non-hydrogen) atoms. The van der Waals surface area contributed by atoms with Gasteiger partial charge in [0, 0.05) is 6.07 Å². The first kappa shape index (κ1) is 16.4. The van der Waals surface area contributed by atoms with Gasteiger partial charge >= 0.3 is 5.97 Å².